The van der Waals surface area contributed by atoms with Crippen molar-refractivity contribution in [1.82, 2.24) is 5.32 Å². The first-order valence-electron chi connectivity index (χ1n) is 5.87. The molecule has 1 aromatic carbocycles. The monoisotopic (exact) mass is 284 g/mol. The average molecular weight is 285 g/mol. The van der Waals surface area contributed by atoms with Crippen LogP contribution in [0.1, 0.15) is 19.4 Å². The Hall–Kier alpha value is -1.75. The van der Waals surface area contributed by atoms with Gasteiger partial charge in [0, 0.05) is 0 Å². The predicted molar refractivity (Wildman–Crippen MR) is 74.6 cm³/mol. The van der Waals surface area contributed by atoms with Crippen molar-refractivity contribution >= 4 is 29.3 Å². The maximum atomic E-state index is 11.7. The topological polar surface area (TPSA) is 78.4 Å². The molecular weight excluding hydrogens is 268 g/mol. The molecule has 0 aliphatic heterocycles. The average Bonchev–Trinajstić information content (AvgIpc) is 2.29. The molecule has 0 aliphatic carbocycles. The Kier molecular flexibility index (Phi) is 5.18. The van der Waals surface area contributed by atoms with Gasteiger partial charge in [-0.3, -0.25) is 0 Å². The number of carbonyl (C=O) groups is 2. The first-order valence-corrected chi connectivity index (χ1v) is 6.25. The molecule has 104 valence electrons. The van der Waals surface area contributed by atoms with Crippen LogP contribution in [0.2, 0.25) is 5.02 Å². The summed E-state index contributed by atoms with van der Waals surface area (Å²) in [5.74, 6) is -1.28. The van der Waals surface area contributed by atoms with Gasteiger partial charge in [-0.1, -0.05) is 31.5 Å². The van der Waals surface area contributed by atoms with Crippen molar-refractivity contribution in [3.05, 3.63) is 28.8 Å². The molecule has 0 aromatic heterocycles. The second-order valence-corrected chi connectivity index (χ2v) is 5.05. The second-order valence-electron chi connectivity index (χ2n) is 4.64. The smallest absolute Gasteiger partial charge is 0.326 e. The Morgan fingerprint density at radius 3 is 2.42 bits per heavy atom. The lowest BCUT2D eigenvalue weighted by atomic mass is 10.1. The van der Waals surface area contributed by atoms with Crippen LogP contribution in [0.15, 0.2) is 18.2 Å². The Balaban J connectivity index is 2.72. The SMILES string of the molecule is Cc1ccc(NC(=O)N[C@H](C(=O)O)C(C)C)c(Cl)c1. The minimum atomic E-state index is -1.07. The van der Waals surface area contributed by atoms with Crippen LogP contribution in [0.5, 0.6) is 0 Å². The fraction of sp³-hybridized carbons (Fsp3) is 0.385. The summed E-state index contributed by atoms with van der Waals surface area (Å²) < 4.78 is 0. The van der Waals surface area contributed by atoms with E-state index < -0.39 is 18.0 Å². The number of nitrogens with one attached hydrogen (secondary N) is 2. The highest BCUT2D eigenvalue weighted by molar-refractivity contribution is 6.33. The zero-order chi connectivity index (χ0) is 14.6. The van der Waals surface area contributed by atoms with Gasteiger partial charge in [-0.25, -0.2) is 9.59 Å². The lowest BCUT2D eigenvalue weighted by molar-refractivity contribution is -0.140. The molecule has 0 saturated carbocycles. The minimum absolute atomic E-state index is 0.211. The molecule has 5 nitrogen and oxygen atoms in total. The Morgan fingerprint density at radius 2 is 1.95 bits per heavy atom. The highest BCUT2D eigenvalue weighted by Crippen LogP contribution is 2.22. The van der Waals surface area contributed by atoms with Crippen LogP contribution in [0.25, 0.3) is 0 Å². The minimum Gasteiger partial charge on any atom is -0.480 e. The number of rotatable bonds is 4. The molecule has 0 saturated heterocycles. The van der Waals surface area contributed by atoms with Gasteiger partial charge in [-0.05, 0) is 30.5 Å². The third kappa shape index (κ3) is 4.44. The predicted octanol–water partition coefficient (Wildman–Crippen LogP) is 2.88. The van der Waals surface area contributed by atoms with Gasteiger partial charge in [0.1, 0.15) is 6.04 Å². The van der Waals surface area contributed by atoms with Crippen molar-refractivity contribution in [2.24, 2.45) is 5.92 Å². The third-order valence-electron chi connectivity index (χ3n) is 2.59. The van der Waals surface area contributed by atoms with E-state index in [4.69, 9.17) is 16.7 Å². The Bertz CT molecular complexity index is 489. The summed E-state index contributed by atoms with van der Waals surface area (Å²) >= 11 is 5.98. The summed E-state index contributed by atoms with van der Waals surface area (Å²) in [4.78, 5) is 22.7. The van der Waals surface area contributed by atoms with Gasteiger partial charge in [0.05, 0.1) is 10.7 Å². The van der Waals surface area contributed by atoms with Crippen LogP contribution in [-0.4, -0.2) is 23.1 Å². The first-order chi connectivity index (χ1) is 8.81. The summed E-state index contributed by atoms with van der Waals surface area (Å²) in [6, 6.07) is 3.66. The molecule has 0 unspecified atom stereocenters. The first kappa shape index (κ1) is 15.3. The summed E-state index contributed by atoms with van der Waals surface area (Å²) in [5.41, 5.74) is 1.42. The molecule has 0 heterocycles. The number of hydrogen-bond acceptors (Lipinski definition) is 2. The molecule has 1 atom stereocenters. The summed E-state index contributed by atoms with van der Waals surface area (Å²) in [6.45, 7) is 5.32. The van der Waals surface area contributed by atoms with Crippen LogP contribution in [0.3, 0.4) is 0 Å². The number of halogens is 1. The fourth-order valence-corrected chi connectivity index (χ4v) is 1.82. The molecular formula is C13H17ClN2O3. The molecule has 0 spiro atoms. The summed E-state index contributed by atoms with van der Waals surface area (Å²) in [5, 5.41) is 14.3. The lowest BCUT2D eigenvalue weighted by Gasteiger charge is -2.18. The molecule has 1 rings (SSSR count). The molecule has 1 aromatic rings. The lowest BCUT2D eigenvalue weighted by Crippen LogP contribution is -2.46. The van der Waals surface area contributed by atoms with E-state index in [1.165, 1.54) is 0 Å². The van der Waals surface area contributed by atoms with E-state index in [1.807, 2.05) is 6.92 Å². The number of hydrogen-bond donors (Lipinski definition) is 3. The molecule has 0 bridgehead atoms. The number of aliphatic carboxylic acids is 1. The highest BCUT2D eigenvalue weighted by atomic mass is 35.5. The molecule has 19 heavy (non-hydrogen) atoms. The van der Waals surface area contributed by atoms with Crippen LogP contribution < -0.4 is 10.6 Å². The van der Waals surface area contributed by atoms with E-state index in [0.29, 0.717) is 10.7 Å². The maximum Gasteiger partial charge on any atom is 0.326 e. The molecule has 2 amide bonds. The van der Waals surface area contributed by atoms with Crippen molar-refractivity contribution in [1.29, 1.82) is 0 Å². The van der Waals surface area contributed by atoms with E-state index in [2.05, 4.69) is 10.6 Å². The van der Waals surface area contributed by atoms with Gasteiger partial charge in [0.25, 0.3) is 0 Å². The molecule has 0 radical (unpaired) electrons. The Morgan fingerprint density at radius 1 is 1.32 bits per heavy atom. The van der Waals surface area contributed by atoms with Crippen LogP contribution in [0.4, 0.5) is 10.5 Å². The molecule has 0 aliphatic rings. The molecule has 3 N–H and O–H groups in total. The summed E-state index contributed by atoms with van der Waals surface area (Å²) in [6.07, 6.45) is 0. The zero-order valence-corrected chi connectivity index (χ0v) is 11.8. The fourth-order valence-electron chi connectivity index (χ4n) is 1.53. The molecule has 0 fully saturated rings. The Labute approximate surface area is 117 Å². The highest BCUT2D eigenvalue weighted by Gasteiger charge is 2.23. The quantitative estimate of drug-likeness (QED) is 0.795. The second kappa shape index (κ2) is 6.43. The van der Waals surface area contributed by atoms with E-state index in [1.54, 1.807) is 32.0 Å². The number of carbonyl (C=O) groups excluding carboxylic acids is 1. The normalized spacial score (nSPS) is 12.1. The van der Waals surface area contributed by atoms with Gasteiger partial charge >= 0.3 is 12.0 Å². The third-order valence-corrected chi connectivity index (χ3v) is 2.90. The number of benzene rings is 1. The number of urea groups is 1. The van der Waals surface area contributed by atoms with E-state index >= 15 is 0 Å². The van der Waals surface area contributed by atoms with E-state index in [-0.39, 0.29) is 5.92 Å². The van der Waals surface area contributed by atoms with Crippen LogP contribution in [-0.2, 0) is 4.79 Å². The number of aryl methyl sites for hydroxylation is 1. The summed E-state index contributed by atoms with van der Waals surface area (Å²) in [7, 11) is 0. The van der Waals surface area contributed by atoms with Crippen molar-refractivity contribution in [3.63, 3.8) is 0 Å². The van der Waals surface area contributed by atoms with Crippen molar-refractivity contribution in [3.8, 4) is 0 Å². The largest absolute Gasteiger partial charge is 0.480 e. The van der Waals surface area contributed by atoms with Crippen LogP contribution >= 0.6 is 11.6 Å². The van der Waals surface area contributed by atoms with Gasteiger partial charge in [-0.2, -0.15) is 0 Å². The van der Waals surface area contributed by atoms with E-state index in [0.717, 1.165) is 5.56 Å². The number of carboxylic acids is 1. The number of amides is 2. The standard InChI is InChI=1S/C13H17ClN2O3/c1-7(2)11(12(17)18)16-13(19)15-10-5-4-8(3)6-9(10)14/h4-7,11H,1-3H3,(H,17,18)(H2,15,16,19)/t11-/m0/s1. The van der Waals surface area contributed by atoms with Gasteiger partial charge < -0.3 is 15.7 Å². The van der Waals surface area contributed by atoms with E-state index in [9.17, 15) is 9.59 Å². The van der Waals surface area contributed by atoms with Crippen molar-refractivity contribution in [2.45, 2.75) is 26.8 Å². The van der Waals surface area contributed by atoms with Gasteiger partial charge in [0.15, 0.2) is 0 Å². The van der Waals surface area contributed by atoms with Crippen molar-refractivity contribution in [2.75, 3.05) is 5.32 Å². The van der Waals surface area contributed by atoms with Gasteiger partial charge in [0.2, 0.25) is 0 Å². The number of anilines is 1. The van der Waals surface area contributed by atoms with Crippen molar-refractivity contribution < 1.29 is 14.7 Å². The zero-order valence-electron chi connectivity index (χ0n) is 11.0. The van der Waals surface area contributed by atoms with Crippen LogP contribution in [0, 0.1) is 12.8 Å². The maximum absolute atomic E-state index is 11.7. The molecule has 6 heteroatoms. The number of carboxylic acid groups (broad SMARTS) is 1. The van der Waals surface area contributed by atoms with Gasteiger partial charge in [-0.15, -0.1) is 0 Å².